The van der Waals surface area contributed by atoms with Gasteiger partial charge in [0.2, 0.25) is 5.28 Å². The molecule has 16 heavy (non-hydrogen) atoms. The van der Waals surface area contributed by atoms with Crippen LogP contribution in [0.25, 0.3) is 0 Å². The summed E-state index contributed by atoms with van der Waals surface area (Å²) < 4.78 is 10.1. The van der Waals surface area contributed by atoms with Crippen LogP contribution < -0.4 is 5.32 Å². The van der Waals surface area contributed by atoms with Crippen molar-refractivity contribution in [1.82, 2.24) is 9.97 Å². The number of aryl methyl sites for hydroxylation is 1. The Kier molecular flexibility index (Phi) is 4.92. The fourth-order valence-electron chi connectivity index (χ4n) is 1.21. The smallest absolute Gasteiger partial charge is 0.224 e. The van der Waals surface area contributed by atoms with E-state index >= 15 is 0 Å². The van der Waals surface area contributed by atoms with Crippen LogP contribution in [0.1, 0.15) is 11.3 Å². The molecule has 0 saturated carbocycles. The van der Waals surface area contributed by atoms with E-state index in [-0.39, 0.29) is 11.6 Å². The second-order valence-electron chi connectivity index (χ2n) is 3.33. The molecule has 0 aliphatic rings. The van der Waals surface area contributed by atoms with Gasteiger partial charge >= 0.3 is 0 Å². The number of rotatable bonds is 5. The first kappa shape index (κ1) is 13.2. The van der Waals surface area contributed by atoms with E-state index in [1.165, 1.54) is 0 Å². The maximum Gasteiger partial charge on any atom is 0.224 e. The number of halogens is 1. The van der Waals surface area contributed by atoms with Crippen LogP contribution >= 0.6 is 11.6 Å². The Morgan fingerprint density at radius 3 is 2.44 bits per heavy atom. The number of methoxy groups -OCH3 is 2. The highest BCUT2D eigenvalue weighted by Crippen LogP contribution is 2.16. The normalized spacial score (nSPS) is 10.9. The molecule has 0 aliphatic heterocycles. The average Bonchev–Trinajstić information content (AvgIpc) is 2.26. The fourth-order valence-corrected chi connectivity index (χ4v) is 1.42. The number of hydrogen-bond donors (Lipinski definition) is 1. The quantitative estimate of drug-likeness (QED) is 0.633. The molecule has 0 aromatic carbocycles. The molecule has 1 rings (SSSR count). The van der Waals surface area contributed by atoms with Crippen LogP contribution in [0.15, 0.2) is 0 Å². The molecular formula is C10H16ClN3O2. The molecule has 1 aromatic heterocycles. The zero-order valence-corrected chi connectivity index (χ0v) is 10.6. The Morgan fingerprint density at radius 2 is 1.88 bits per heavy atom. The second kappa shape index (κ2) is 5.98. The molecule has 0 saturated heterocycles. The number of nitrogens with one attached hydrogen (secondary N) is 1. The van der Waals surface area contributed by atoms with Crippen molar-refractivity contribution in [2.75, 3.05) is 26.1 Å². The van der Waals surface area contributed by atoms with E-state index in [9.17, 15) is 0 Å². The lowest BCUT2D eigenvalue weighted by Gasteiger charge is -2.16. The Morgan fingerprint density at radius 1 is 1.25 bits per heavy atom. The molecule has 1 heterocycles. The minimum atomic E-state index is -0.312. The molecule has 0 unspecified atom stereocenters. The Hall–Kier alpha value is -0.910. The van der Waals surface area contributed by atoms with E-state index in [1.54, 1.807) is 14.2 Å². The summed E-state index contributed by atoms with van der Waals surface area (Å²) in [6.07, 6.45) is -0.312. The van der Waals surface area contributed by atoms with Crippen LogP contribution in [-0.2, 0) is 9.47 Å². The van der Waals surface area contributed by atoms with Crippen molar-refractivity contribution >= 4 is 17.4 Å². The summed E-state index contributed by atoms with van der Waals surface area (Å²) in [5, 5.41) is 3.34. The summed E-state index contributed by atoms with van der Waals surface area (Å²) in [4.78, 5) is 8.16. The molecule has 0 fully saturated rings. The van der Waals surface area contributed by atoms with Gasteiger partial charge in [0, 0.05) is 25.5 Å². The summed E-state index contributed by atoms with van der Waals surface area (Å²) >= 11 is 5.78. The van der Waals surface area contributed by atoms with Gasteiger partial charge in [-0.2, -0.15) is 0 Å². The highest BCUT2D eigenvalue weighted by atomic mass is 35.5. The average molecular weight is 246 g/mol. The zero-order chi connectivity index (χ0) is 12.1. The number of aromatic nitrogens is 2. The second-order valence-corrected chi connectivity index (χ2v) is 3.67. The molecule has 0 radical (unpaired) electrons. The number of nitrogens with zero attached hydrogens (tertiary/aromatic N) is 2. The summed E-state index contributed by atoms with van der Waals surface area (Å²) in [6.45, 7) is 4.32. The van der Waals surface area contributed by atoms with Crippen molar-refractivity contribution in [3.05, 3.63) is 16.5 Å². The van der Waals surface area contributed by atoms with Crippen LogP contribution in [0, 0.1) is 13.8 Å². The van der Waals surface area contributed by atoms with Gasteiger partial charge in [0.05, 0.1) is 6.54 Å². The van der Waals surface area contributed by atoms with Gasteiger partial charge in [-0.3, -0.25) is 0 Å². The molecule has 0 bridgehead atoms. The largest absolute Gasteiger partial charge is 0.365 e. The highest BCUT2D eigenvalue weighted by molar-refractivity contribution is 6.28. The molecule has 0 atom stereocenters. The first-order chi connectivity index (χ1) is 7.58. The number of anilines is 1. The third kappa shape index (κ3) is 3.30. The van der Waals surface area contributed by atoms with Gasteiger partial charge in [0.15, 0.2) is 6.29 Å². The van der Waals surface area contributed by atoms with Crippen LogP contribution in [0.5, 0.6) is 0 Å². The summed E-state index contributed by atoms with van der Waals surface area (Å²) in [6, 6.07) is 0. The minimum Gasteiger partial charge on any atom is -0.365 e. The highest BCUT2D eigenvalue weighted by Gasteiger charge is 2.09. The molecule has 90 valence electrons. The van der Waals surface area contributed by atoms with Gasteiger partial charge in [-0.15, -0.1) is 0 Å². The van der Waals surface area contributed by atoms with Gasteiger partial charge in [-0.1, -0.05) is 0 Å². The Labute approximate surface area is 100 Å². The fraction of sp³-hybridized carbons (Fsp3) is 0.600. The van der Waals surface area contributed by atoms with E-state index in [0.717, 1.165) is 11.3 Å². The van der Waals surface area contributed by atoms with E-state index in [4.69, 9.17) is 21.1 Å². The molecular weight excluding hydrogens is 230 g/mol. The van der Waals surface area contributed by atoms with E-state index in [2.05, 4.69) is 15.3 Å². The first-order valence-corrected chi connectivity index (χ1v) is 5.26. The van der Waals surface area contributed by atoms with Crippen molar-refractivity contribution in [2.45, 2.75) is 20.1 Å². The van der Waals surface area contributed by atoms with Crippen LogP contribution in [0.3, 0.4) is 0 Å². The lowest BCUT2D eigenvalue weighted by molar-refractivity contribution is -0.0914. The third-order valence-electron chi connectivity index (χ3n) is 2.32. The molecule has 5 nitrogen and oxygen atoms in total. The predicted octanol–water partition coefficient (Wildman–Crippen LogP) is 1.78. The van der Waals surface area contributed by atoms with Crippen molar-refractivity contribution < 1.29 is 9.47 Å². The van der Waals surface area contributed by atoms with E-state index in [0.29, 0.717) is 12.4 Å². The van der Waals surface area contributed by atoms with Crippen molar-refractivity contribution in [3.63, 3.8) is 0 Å². The van der Waals surface area contributed by atoms with E-state index in [1.807, 2.05) is 13.8 Å². The SMILES string of the molecule is COC(CNc1nc(Cl)nc(C)c1C)OC. The number of hydrogen-bond acceptors (Lipinski definition) is 5. The monoisotopic (exact) mass is 245 g/mol. The first-order valence-electron chi connectivity index (χ1n) is 4.88. The third-order valence-corrected chi connectivity index (χ3v) is 2.49. The van der Waals surface area contributed by atoms with E-state index < -0.39 is 0 Å². The summed E-state index contributed by atoms with van der Waals surface area (Å²) in [5.41, 5.74) is 1.82. The summed E-state index contributed by atoms with van der Waals surface area (Å²) in [7, 11) is 3.17. The van der Waals surface area contributed by atoms with Crippen molar-refractivity contribution in [1.29, 1.82) is 0 Å². The molecule has 6 heteroatoms. The van der Waals surface area contributed by atoms with Crippen LogP contribution in [0.4, 0.5) is 5.82 Å². The van der Waals surface area contributed by atoms with Gasteiger partial charge in [0.1, 0.15) is 5.82 Å². The maximum atomic E-state index is 5.78. The Bertz CT molecular complexity index is 356. The minimum absolute atomic E-state index is 0.233. The Balaban J connectivity index is 2.73. The lowest BCUT2D eigenvalue weighted by Crippen LogP contribution is -2.24. The van der Waals surface area contributed by atoms with Gasteiger partial charge in [0.25, 0.3) is 0 Å². The predicted molar refractivity (Wildman–Crippen MR) is 62.8 cm³/mol. The zero-order valence-electron chi connectivity index (χ0n) is 9.87. The number of ether oxygens (including phenoxy) is 2. The molecule has 1 N–H and O–H groups in total. The molecule has 0 aliphatic carbocycles. The van der Waals surface area contributed by atoms with Crippen molar-refractivity contribution in [2.24, 2.45) is 0 Å². The molecule has 1 aromatic rings. The van der Waals surface area contributed by atoms with Gasteiger partial charge < -0.3 is 14.8 Å². The van der Waals surface area contributed by atoms with Crippen LogP contribution in [0.2, 0.25) is 5.28 Å². The molecule has 0 amide bonds. The summed E-state index contributed by atoms with van der Waals surface area (Å²) in [5.74, 6) is 0.705. The lowest BCUT2D eigenvalue weighted by atomic mass is 10.2. The van der Waals surface area contributed by atoms with Crippen LogP contribution in [-0.4, -0.2) is 37.0 Å². The topological polar surface area (TPSA) is 56.3 Å². The van der Waals surface area contributed by atoms with Gasteiger partial charge in [-0.05, 0) is 25.4 Å². The van der Waals surface area contributed by atoms with Gasteiger partial charge in [-0.25, -0.2) is 9.97 Å². The standard InChI is InChI=1S/C10H16ClN3O2/c1-6-7(2)13-10(11)14-9(6)12-5-8(15-3)16-4/h8H,5H2,1-4H3,(H,12,13,14). The molecule has 0 spiro atoms. The van der Waals surface area contributed by atoms with Crippen molar-refractivity contribution in [3.8, 4) is 0 Å². The maximum absolute atomic E-state index is 5.78.